The quantitative estimate of drug-likeness (QED) is 0.217. The van der Waals surface area contributed by atoms with Gasteiger partial charge in [0.2, 0.25) is 0 Å². The fourth-order valence-electron chi connectivity index (χ4n) is 4.12. The van der Waals surface area contributed by atoms with E-state index < -0.39 is 0 Å². The first-order valence-electron chi connectivity index (χ1n) is 11.9. The Kier molecular flexibility index (Phi) is 7.37. The summed E-state index contributed by atoms with van der Waals surface area (Å²) in [4.78, 5) is 14.6. The molecule has 0 saturated heterocycles. The number of unbranched alkanes of at least 4 members (excludes halogenated alkanes) is 1. The number of aromatic nitrogens is 3. The number of carbonyl (C=O) groups excluding carboxylic acids is 1. The van der Waals surface area contributed by atoms with E-state index >= 15 is 0 Å². The van der Waals surface area contributed by atoms with E-state index in [1.807, 2.05) is 24.3 Å². The van der Waals surface area contributed by atoms with Crippen molar-refractivity contribution in [3.05, 3.63) is 94.0 Å². The van der Waals surface area contributed by atoms with Crippen LogP contribution in [0.25, 0.3) is 27.5 Å². The summed E-state index contributed by atoms with van der Waals surface area (Å²) in [5.41, 5.74) is 4.42. The van der Waals surface area contributed by atoms with Gasteiger partial charge < -0.3 is 5.32 Å². The third kappa shape index (κ3) is 5.44. The molecule has 5 rings (SSSR count). The SMILES string of the molecule is CCCCc1ccc(-n2nc3cc(Cl)c(NC(=S)NC(=O)c4cccc5c(Cl)cccc45)cc3n2)cc1. The molecule has 0 radical (unpaired) electrons. The Hall–Kier alpha value is -3.52. The zero-order valence-electron chi connectivity index (χ0n) is 20.0. The molecule has 0 aliphatic rings. The van der Waals surface area contributed by atoms with Crippen molar-refractivity contribution in [1.82, 2.24) is 20.3 Å². The number of halogens is 2. The van der Waals surface area contributed by atoms with Gasteiger partial charge in [0.05, 0.1) is 16.4 Å². The third-order valence-corrected chi connectivity index (χ3v) is 6.89. The van der Waals surface area contributed by atoms with Crippen LogP contribution in [-0.2, 0) is 6.42 Å². The number of aryl methyl sites for hydroxylation is 1. The monoisotopic (exact) mass is 547 g/mol. The van der Waals surface area contributed by atoms with Crippen LogP contribution in [0.2, 0.25) is 10.0 Å². The van der Waals surface area contributed by atoms with Crippen molar-refractivity contribution in [1.29, 1.82) is 0 Å². The van der Waals surface area contributed by atoms with Crippen molar-refractivity contribution in [3.63, 3.8) is 0 Å². The number of rotatable bonds is 6. The van der Waals surface area contributed by atoms with Crippen LogP contribution in [0.15, 0.2) is 72.8 Å². The minimum atomic E-state index is -0.351. The molecule has 186 valence electrons. The van der Waals surface area contributed by atoms with Gasteiger partial charge in [-0.3, -0.25) is 10.1 Å². The van der Waals surface area contributed by atoms with E-state index in [1.165, 1.54) is 5.56 Å². The third-order valence-electron chi connectivity index (χ3n) is 6.04. The number of nitrogens with zero attached hydrogens (tertiary/aromatic N) is 3. The van der Waals surface area contributed by atoms with Crippen molar-refractivity contribution in [2.75, 3.05) is 5.32 Å². The lowest BCUT2D eigenvalue weighted by Gasteiger charge is -2.12. The lowest BCUT2D eigenvalue weighted by Crippen LogP contribution is -2.34. The molecule has 5 aromatic rings. The van der Waals surface area contributed by atoms with Gasteiger partial charge in [-0.15, -0.1) is 10.2 Å². The summed E-state index contributed by atoms with van der Waals surface area (Å²) in [6, 6.07) is 22.5. The van der Waals surface area contributed by atoms with Crippen LogP contribution >= 0.6 is 35.4 Å². The molecule has 0 aliphatic heterocycles. The highest BCUT2D eigenvalue weighted by atomic mass is 35.5. The highest BCUT2D eigenvalue weighted by Crippen LogP contribution is 2.28. The van der Waals surface area contributed by atoms with Crippen LogP contribution in [0, 0.1) is 0 Å². The van der Waals surface area contributed by atoms with Gasteiger partial charge in [-0.25, -0.2) is 0 Å². The zero-order valence-corrected chi connectivity index (χ0v) is 22.3. The minimum Gasteiger partial charge on any atom is -0.331 e. The topological polar surface area (TPSA) is 71.8 Å². The van der Waals surface area contributed by atoms with Gasteiger partial charge in [0.1, 0.15) is 11.0 Å². The Balaban J connectivity index is 1.33. The van der Waals surface area contributed by atoms with E-state index in [4.69, 9.17) is 35.4 Å². The Morgan fingerprint density at radius 1 is 0.919 bits per heavy atom. The Bertz CT molecular complexity index is 1630. The molecule has 9 heteroatoms. The highest BCUT2D eigenvalue weighted by Gasteiger charge is 2.15. The molecule has 0 fully saturated rings. The van der Waals surface area contributed by atoms with Gasteiger partial charge in [-0.1, -0.05) is 72.9 Å². The van der Waals surface area contributed by atoms with Crippen LogP contribution in [0.4, 0.5) is 5.69 Å². The number of hydrogen-bond acceptors (Lipinski definition) is 4. The molecule has 37 heavy (non-hydrogen) atoms. The van der Waals surface area contributed by atoms with E-state index in [9.17, 15) is 4.79 Å². The summed E-state index contributed by atoms with van der Waals surface area (Å²) < 4.78 is 0. The second kappa shape index (κ2) is 10.8. The number of hydrogen-bond donors (Lipinski definition) is 2. The Morgan fingerprint density at radius 2 is 1.62 bits per heavy atom. The number of nitrogens with one attached hydrogen (secondary N) is 2. The van der Waals surface area contributed by atoms with Crippen molar-refractivity contribution >= 4 is 73.9 Å². The average Bonchev–Trinajstić information content (AvgIpc) is 3.30. The second-order valence-corrected chi connectivity index (χ2v) is 9.85. The molecule has 1 amide bonds. The van der Waals surface area contributed by atoms with Gasteiger partial charge in [0.25, 0.3) is 5.91 Å². The summed E-state index contributed by atoms with van der Waals surface area (Å²) >= 11 is 18.2. The molecule has 0 atom stereocenters. The van der Waals surface area contributed by atoms with Crippen molar-refractivity contribution in [2.24, 2.45) is 0 Å². The normalized spacial score (nSPS) is 11.1. The van der Waals surface area contributed by atoms with Crippen LogP contribution in [0.1, 0.15) is 35.7 Å². The molecule has 2 N–H and O–H groups in total. The summed E-state index contributed by atoms with van der Waals surface area (Å²) in [6.07, 6.45) is 3.38. The second-order valence-electron chi connectivity index (χ2n) is 8.63. The first-order chi connectivity index (χ1) is 17.9. The van der Waals surface area contributed by atoms with Gasteiger partial charge in [0.15, 0.2) is 5.11 Å². The lowest BCUT2D eigenvalue weighted by atomic mass is 10.0. The summed E-state index contributed by atoms with van der Waals surface area (Å²) in [6.45, 7) is 2.18. The van der Waals surface area contributed by atoms with Gasteiger partial charge >= 0.3 is 0 Å². The van der Waals surface area contributed by atoms with Gasteiger partial charge in [-0.05, 0) is 72.4 Å². The fraction of sp³-hybridized carbons (Fsp3) is 0.143. The number of amides is 1. The lowest BCUT2D eigenvalue weighted by molar-refractivity contribution is 0.0979. The molecule has 6 nitrogen and oxygen atoms in total. The molecule has 0 unspecified atom stereocenters. The summed E-state index contributed by atoms with van der Waals surface area (Å²) in [5, 5.41) is 17.5. The Labute approximate surface area is 229 Å². The Morgan fingerprint density at radius 3 is 2.38 bits per heavy atom. The molecule has 1 heterocycles. The van der Waals surface area contributed by atoms with Crippen molar-refractivity contribution < 1.29 is 4.79 Å². The smallest absolute Gasteiger partial charge is 0.258 e. The van der Waals surface area contributed by atoms with E-state index in [-0.39, 0.29) is 11.0 Å². The van der Waals surface area contributed by atoms with E-state index in [0.717, 1.165) is 35.7 Å². The first-order valence-corrected chi connectivity index (χ1v) is 13.0. The molecular weight excluding hydrogens is 525 g/mol. The average molecular weight is 548 g/mol. The van der Waals surface area contributed by atoms with E-state index in [1.54, 1.807) is 41.2 Å². The summed E-state index contributed by atoms with van der Waals surface area (Å²) in [5.74, 6) is -0.351. The van der Waals surface area contributed by atoms with Crippen LogP contribution < -0.4 is 10.6 Å². The number of carbonyl (C=O) groups is 1. The standard InChI is InChI=1S/C28H23Cl2N5OS/c1-2-3-6-17-11-13-18(14-12-17)35-33-25-15-23(30)24(16-26(25)34-35)31-28(37)32-27(36)21-9-4-8-20-19(21)7-5-10-22(20)29/h4-5,7-16H,2-3,6H2,1H3,(H2,31,32,36,37). The number of thiocarbonyl (C=S) groups is 1. The van der Waals surface area contributed by atoms with Crippen molar-refractivity contribution in [2.45, 2.75) is 26.2 Å². The summed E-state index contributed by atoms with van der Waals surface area (Å²) in [7, 11) is 0. The molecule has 0 saturated carbocycles. The zero-order chi connectivity index (χ0) is 25.9. The van der Waals surface area contributed by atoms with E-state index in [0.29, 0.717) is 32.3 Å². The van der Waals surface area contributed by atoms with Crippen LogP contribution in [0.3, 0.4) is 0 Å². The molecular formula is C28H23Cl2N5OS. The van der Waals surface area contributed by atoms with Gasteiger partial charge in [0, 0.05) is 16.0 Å². The van der Waals surface area contributed by atoms with E-state index in [2.05, 4.69) is 39.9 Å². The van der Waals surface area contributed by atoms with Crippen LogP contribution in [0.5, 0.6) is 0 Å². The highest BCUT2D eigenvalue weighted by molar-refractivity contribution is 7.80. The number of benzene rings is 4. The number of fused-ring (bicyclic) bond motifs is 2. The molecule has 0 spiro atoms. The minimum absolute atomic E-state index is 0.111. The maximum absolute atomic E-state index is 13.0. The molecule has 0 bridgehead atoms. The predicted molar refractivity (Wildman–Crippen MR) is 155 cm³/mol. The largest absolute Gasteiger partial charge is 0.331 e. The fourth-order valence-corrected chi connectivity index (χ4v) is 4.77. The predicted octanol–water partition coefficient (Wildman–Crippen LogP) is 7.35. The molecule has 4 aromatic carbocycles. The number of anilines is 1. The maximum Gasteiger partial charge on any atom is 0.258 e. The van der Waals surface area contributed by atoms with Crippen LogP contribution in [-0.4, -0.2) is 26.0 Å². The van der Waals surface area contributed by atoms with Gasteiger partial charge in [-0.2, -0.15) is 4.80 Å². The van der Waals surface area contributed by atoms with Crippen molar-refractivity contribution in [3.8, 4) is 5.69 Å². The maximum atomic E-state index is 13.0. The molecule has 0 aliphatic carbocycles. The molecule has 1 aromatic heterocycles. The first kappa shape index (κ1) is 25.1.